The van der Waals surface area contributed by atoms with Crippen LogP contribution in [0.25, 0.3) is 11.3 Å². The number of nitrogens with zero attached hydrogens (tertiary/aromatic N) is 1. The molecule has 0 aliphatic heterocycles. The summed E-state index contributed by atoms with van der Waals surface area (Å²) in [7, 11) is 0. The highest BCUT2D eigenvalue weighted by Gasteiger charge is 2.13. The van der Waals surface area contributed by atoms with E-state index in [0.29, 0.717) is 0 Å². The number of carbonyl (C=O) groups is 1. The summed E-state index contributed by atoms with van der Waals surface area (Å²) < 4.78 is 5.44. The Morgan fingerprint density at radius 2 is 2.15 bits per heavy atom. The summed E-state index contributed by atoms with van der Waals surface area (Å²) in [5.74, 6) is -0.165. The minimum atomic E-state index is -0.324. The molecule has 2 rings (SSSR count). The van der Waals surface area contributed by atoms with Crippen molar-refractivity contribution in [3.8, 4) is 11.3 Å². The predicted octanol–water partition coefficient (Wildman–Crippen LogP) is 2.83. The molecule has 0 saturated carbocycles. The predicted molar refractivity (Wildman–Crippen MR) is 78.4 cm³/mol. The summed E-state index contributed by atoms with van der Waals surface area (Å²) in [6.45, 7) is 5.79. The zero-order chi connectivity index (χ0) is 14.6. The van der Waals surface area contributed by atoms with E-state index < -0.39 is 0 Å². The van der Waals surface area contributed by atoms with Gasteiger partial charge < -0.3 is 10.1 Å². The number of nitrogens with one attached hydrogen (secondary N) is 2. The molecule has 1 heterocycles. The average molecular weight is 273 g/mol. The summed E-state index contributed by atoms with van der Waals surface area (Å²) in [5, 5.41) is 9.62. The summed E-state index contributed by atoms with van der Waals surface area (Å²) in [4.78, 5) is 11.8. The first-order chi connectivity index (χ1) is 9.44. The first-order valence-electron chi connectivity index (χ1n) is 6.48. The number of aromatic amines is 1. The molecule has 1 amide bonds. The van der Waals surface area contributed by atoms with Gasteiger partial charge in [-0.05, 0) is 39.0 Å². The Morgan fingerprint density at radius 3 is 2.80 bits per heavy atom. The first kappa shape index (κ1) is 14.3. The van der Waals surface area contributed by atoms with Crippen molar-refractivity contribution in [2.45, 2.75) is 26.4 Å². The van der Waals surface area contributed by atoms with E-state index in [-0.39, 0.29) is 18.1 Å². The second kappa shape index (κ2) is 5.88. The van der Waals surface area contributed by atoms with Gasteiger partial charge in [0.2, 0.25) is 5.91 Å². The smallest absolute Gasteiger partial charge is 0.250 e. The highest BCUT2D eigenvalue weighted by atomic mass is 16.5. The Morgan fingerprint density at radius 1 is 1.35 bits per heavy atom. The van der Waals surface area contributed by atoms with Crippen molar-refractivity contribution in [2.24, 2.45) is 0 Å². The summed E-state index contributed by atoms with van der Waals surface area (Å²) in [5.41, 5.74) is 2.29. The van der Waals surface area contributed by atoms with Crippen molar-refractivity contribution < 1.29 is 9.53 Å². The van der Waals surface area contributed by atoms with Crippen LogP contribution in [0, 0.1) is 0 Å². The van der Waals surface area contributed by atoms with Gasteiger partial charge in [-0.2, -0.15) is 5.10 Å². The molecular weight excluding hydrogens is 254 g/mol. The molecule has 2 N–H and O–H groups in total. The lowest BCUT2D eigenvalue weighted by Gasteiger charge is -2.19. The van der Waals surface area contributed by atoms with E-state index in [0.717, 1.165) is 16.9 Å². The normalized spacial score (nSPS) is 11.3. The number of rotatable bonds is 4. The van der Waals surface area contributed by atoms with Crippen LogP contribution in [-0.4, -0.2) is 28.3 Å². The van der Waals surface area contributed by atoms with Crippen molar-refractivity contribution in [3.63, 3.8) is 0 Å². The second-order valence-electron chi connectivity index (χ2n) is 5.50. The molecule has 20 heavy (non-hydrogen) atoms. The molecule has 5 heteroatoms. The first-order valence-corrected chi connectivity index (χ1v) is 6.48. The maximum atomic E-state index is 11.8. The molecule has 0 saturated heterocycles. The van der Waals surface area contributed by atoms with Crippen LogP contribution in [0.5, 0.6) is 0 Å². The molecule has 0 fully saturated rings. The van der Waals surface area contributed by atoms with Gasteiger partial charge in [0.15, 0.2) is 0 Å². The number of amides is 1. The van der Waals surface area contributed by atoms with Gasteiger partial charge >= 0.3 is 0 Å². The quantitative estimate of drug-likeness (QED) is 0.900. The minimum absolute atomic E-state index is 0.0395. The maximum Gasteiger partial charge on any atom is 0.250 e. The molecular formula is C15H19N3O2. The minimum Gasteiger partial charge on any atom is -0.366 e. The molecule has 0 unspecified atom stereocenters. The third-order valence-electron chi connectivity index (χ3n) is 2.59. The Bertz CT molecular complexity index is 571. The summed E-state index contributed by atoms with van der Waals surface area (Å²) in [6.07, 6.45) is 1.69. The average Bonchev–Trinajstić information content (AvgIpc) is 2.90. The van der Waals surface area contributed by atoms with Gasteiger partial charge in [0, 0.05) is 17.4 Å². The van der Waals surface area contributed by atoms with E-state index in [1.165, 1.54) is 0 Å². The van der Waals surface area contributed by atoms with E-state index in [1.807, 2.05) is 51.1 Å². The summed E-state index contributed by atoms with van der Waals surface area (Å²) in [6, 6.07) is 9.45. The van der Waals surface area contributed by atoms with E-state index in [1.54, 1.807) is 6.20 Å². The van der Waals surface area contributed by atoms with Crippen molar-refractivity contribution in [1.82, 2.24) is 10.2 Å². The number of aromatic nitrogens is 2. The van der Waals surface area contributed by atoms with Crippen LogP contribution in [0.4, 0.5) is 5.69 Å². The second-order valence-corrected chi connectivity index (χ2v) is 5.50. The number of hydrogen-bond donors (Lipinski definition) is 2. The van der Waals surface area contributed by atoms with Gasteiger partial charge in [-0.1, -0.05) is 12.1 Å². The molecule has 1 aromatic heterocycles. The van der Waals surface area contributed by atoms with E-state index >= 15 is 0 Å². The lowest BCUT2D eigenvalue weighted by molar-refractivity contribution is -0.125. The number of anilines is 1. The van der Waals surface area contributed by atoms with Gasteiger partial charge in [-0.15, -0.1) is 0 Å². The molecule has 2 aromatic rings. The summed E-state index contributed by atoms with van der Waals surface area (Å²) >= 11 is 0. The van der Waals surface area contributed by atoms with Crippen LogP contribution in [0.2, 0.25) is 0 Å². The molecule has 0 aliphatic carbocycles. The molecule has 5 nitrogen and oxygen atoms in total. The Balaban J connectivity index is 2.00. The van der Waals surface area contributed by atoms with Crippen molar-refractivity contribution >= 4 is 11.6 Å². The molecule has 106 valence electrons. The molecule has 1 aromatic carbocycles. The van der Waals surface area contributed by atoms with Crippen LogP contribution in [0.1, 0.15) is 20.8 Å². The number of H-pyrrole nitrogens is 1. The van der Waals surface area contributed by atoms with Gasteiger partial charge in [0.1, 0.15) is 6.61 Å². The zero-order valence-corrected chi connectivity index (χ0v) is 11.9. The molecule has 0 aliphatic rings. The fourth-order valence-electron chi connectivity index (χ4n) is 1.66. The van der Waals surface area contributed by atoms with E-state index in [9.17, 15) is 4.79 Å². The fourth-order valence-corrected chi connectivity index (χ4v) is 1.66. The van der Waals surface area contributed by atoms with Crippen LogP contribution in [0.3, 0.4) is 0 Å². The Labute approximate surface area is 118 Å². The standard InChI is InChI=1S/C15H19N3O2/c1-15(2,3)20-10-14(19)17-12-6-4-5-11(9-12)13-7-8-16-18-13/h4-9H,10H2,1-3H3,(H,16,18)(H,17,19). The lowest BCUT2D eigenvalue weighted by atomic mass is 10.1. The molecule has 0 bridgehead atoms. The lowest BCUT2D eigenvalue weighted by Crippen LogP contribution is -2.27. The monoisotopic (exact) mass is 273 g/mol. The van der Waals surface area contributed by atoms with Crippen LogP contribution in [-0.2, 0) is 9.53 Å². The van der Waals surface area contributed by atoms with E-state index in [4.69, 9.17) is 4.74 Å². The fraction of sp³-hybridized carbons (Fsp3) is 0.333. The molecule has 0 spiro atoms. The van der Waals surface area contributed by atoms with Crippen LogP contribution < -0.4 is 5.32 Å². The highest BCUT2D eigenvalue weighted by Crippen LogP contribution is 2.20. The Kier molecular flexibility index (Phi) is 4.20. The number of benzene rings is 1. The third kappa shape index (κ3) is 4.20. The highest BCUT2D eigenvalue weighted by molar-refractivity contribution is 5.92. The number of ether oxygens (including phenoxy) is 1. The van der Waals surface area contributed by atoms with Crippen LogP contribution >= 0.6 is 0 Å². The maximum absolute atomic E-state index is 11.8. The van der Waals surface area contributed by atoms with Gasteiger partial charge in [-0.3, -0.25) is 9.89 Å². The number of carbonyl (C=O) groups excluding carboxylic acids is 1. The number of hydrogen-bond acceptors (Lipinski definition) is 3. The van der Waals surface area contributed by atoms with Crippen molar-refractivity contribution in [3.05, 3.63) is 36.5 Å². The van der Waals surface area contributed by atoms with Crippen LogP contribution in [0.15, 0.2) is 36.5 Å². The molecule has 0 atom stereocenters. The zero-order valence-electron chi connectivity index (χ0n) is 11.9. The van der Waals surface area contributed by atoms with Crippen molar-refractivity contribution in [1.29, 1.82) is 0 Å². The van der Waals surface area contributed by atoms with Gasteiger partial charge in [0.25, 0.3) is 0 Å². The van der Waals surface area contributed by atoms with Gasteiger partial charge in [0.05, 0.1) is 11.3 Å². The third-order valence-corrected chi connectivity index (χ3v) is 2.59. The SMILES string of the molecule is CC(C)(C)OCC(=O)Nc1cccc(-c2ccn[nH]2)c1. The Hall–Kier alpha value is -2.14. The largest absolute Gasteiger partial charge is 0.366 e. The van der Waals surface area contributed by atoms with Crippen molar-refractivity contribution in [2.75, 3.05) is 11.9 Å². The van der Waals surface area contributed by atoms with E-state index in [2.05, 4.69) is 15.5 Å². The van der Waals surface area contributed by atoms with Gasteiger partial charge in [-0.25, -0.2) is 0 Å². The topological polar surface area (TPSA) is 67.0 Å². The molecule has 0 radical (unpaired) electrons.